The van der Waals surface area contributed by atoms with Gasteiger partial charge >= 0.3 is 0 Å². The van der Waals surface area contributed by atoms with Crippen LogP contribution in [0.5, 0.6) is 0 Å². The van der Waals surface area contributed by atoms with Gasteiger partial charge in [-0.05, 0) is 60.2 Å². The van der Waals surface area contributed by atoms with Crippen molar-refractivity contribution < 1.29 is 0 Å². The minimum absolute atomic E-state index is 0.478. The van der Waals surface area contributed by atoms with Crippen LogP contribution in [0.25, 0.3) is 0 Å². The second-order valence-corrected chi connectivity index (χ2v) is 6.44. The maximum Gasteiger partial charge on any atom is 0.0669 e. The van der Waals surface area contributed by atoms with Gasteiger partial charge in [0.15, 0.2) is 0 Å². The summed E-state index contributed by atoms with van der Waals surface area (Å²) >= 11 is 3.54. The van der Waals surface area contributed by atoms with E-state index in [1.165, 1.54) is 15.6 Å². The largest absolute Gasteiger partial charge is 0.382 e. The molecule has 3 heteroatoms. The predicted molar refractivity (Wildman–Crippen MR) is 89.3 cm³/mol. The summed E-state index contributed by atoms with van der Waals surface area (Å²) in [6.07, 6.45) is 3.83. The minimum Gasteiger partial charge on any atom is -0.382 e. The Balaban J connectivity index is 1.67. The molecule has 106 valence electrons. The van der Waals surface area contributed by atoms with E-state index in [9.17, 15) is 0 Å². The molecule has 1 N–H and O–H groups in total. The van der Waals surface area contributed by atoms with Crippen molar-refractivity contribution in [2.45, 2.75) is 31.7 Å². The molecule has 0 aliphatic heterocycles. The Labute approximate surface area is 133 Å². The third-order valence-corrected chi connectivity index (χ3v) is 4.50. The quantitative estimate of drug-likeness (QED) is 0.893. The number of fused-ring (bicyclic) bond motifs is 1. The summed E-state index contributed by atoms with van der Waals surface area (Å²) in [7, 11) is 0. The summed E-state index contributed by atoms with van der Waals surface area (Å²) in [6.45, 7) is 0. The highest BCUT2D eigenvalue weighted by atomic mass is 79.9. The van der Waals surface area contributed by atoms with Crippen LogP contribution in [-0.4, -0.2) is 6.04 Å². The lowest BCUT2D eigenvalue weighted by molar-refractivity contribution is 0.610. The summed E-state index contributed by atoms with van der Waals surface area (Å²) in [4.78, 5) is 0. The number of hydrogen-bond acceptors (Lipinski definition) is 2. The average molecular weight is 341 g/mol. The predicted octanol–water partition coefficient (Wildman–Crippen LogP) is 4.48. The van der Waals surface area contributed by atoms with E-state index in [0.717, 1.165) is 30.5 Å². The van der Waals surface area contributed by atoms with E-state index in [-0.39, 0.29) is 0 Å². The molecule has 1 unspecified atom stereocenters. The maximum atomic E-state index is 8.69. The van der Waals surface area contributed by atoms with E-state index < -0.39 is 0 Å². The Bertz CT molecular complexity index is 671. The molecule has 0 fully saturated rings. The van der Waals surface area contributed by atoms with Crippen LogP contribution in [0.1, 0.15) is 23.1 Å². The molecule has 2 aromatic carbocycles. The number of aryl methyl sites for hydroxylation is 1. The van der Waals surface area contributed by atoms with Crippen LogP contribution in [0.15, 0.2) is 46.9 Å². The zero-order chi connectivity index (χ0) is 14.7. The Morgan fingerprint density at radius 3 is 2.71 bits per heavy atom. The first kappa shape index (κ1) is 14.2. The van der Waals surface area contributed by atoms with Gasteiger partial charge < -0.3 is 5.32 Å². The molecule has 0 spiro atoms. The third-order valence-electron chi connectivity index (χ3n) is 4.00. The van der Waals surface area contributed by atoms with Crippen LogP contribution >= 0.6 is 15.9 Å². The van der Waals surface area contributed by atoms with Gasteiger partial charge in [-0.3, -0.25) is 0 Å². The van der Waals surface area contributed by atoms with E-state index >= 15 is 0 Å². The number of hydrogen-bond donors (Lipinski definition) is 1. The van der Waals surface area contributed by atoms with Crippen LogP contribution in [0.3, 0.4) is 0 Å². The van der Waals surface area contributed by atoms with Gasteiger partial charge in [0.1, 0.15) is 0 Å². The zero-order valence-corrected chi connectivity index (χ0v) is 13.4. The molecule has 0 aromatic heterocycles. The van der Waals surface area contributed by atoms with Crippen molar-refractivity contribution in [3.05, 3.63) is 63.6 Å². The molecular formula is C18H17BrN2. The van der Waals surface area contributed by atoms with E-state index in [2.05, 4.69) is 57.6 Å². The highest BCUT2D eigenvalue weighted by molar-refractivity contribution is 9.10. The van der Waals surface area contributed by atoms with Gasteiger partial charge in [0.2, 0.25) is 0 Å². The van der Waals surface area contributed by atoms with E-state index in [1.807, 2.05) is 12.1 Å². The maximum absolute atomic E-state index is 8.69. The molecule has 0 bridgehead atoms. The van der Waals surface area contributed by atoms with Crippen molar-refractivity contribution in [3.63, 3.8) is 0 Å². The fourth-order valence-corrected chi connectivity index (χ4v) is 3.30. The summed E-state index contributed by atoms with van der Waals surface area (Å²) in [5.74, 6) is 0. The van der Waals surface area contributed by atoms with Gasteiger partial charge in [0.05, 0.1) is 12.5 Å². The van der Waals surface area contributed by atoms with Crippen LogP contribution in [0.2, 0.25) is 0 Å². The summed E-state index contributed by atoms with van der Waals surface area (Å²) < 4.78 is 1.17. The zero-order valence-electron chi connectivity index (χ0n) is 11.8. The van der Waals surface area contributed by atoms with Gasteiger partial charge in [-0.25, -0.2) is 0 Å². The molecule has 21 heavy (non-hydrogen) atoms. The van der Waals surface area contributed by atoms with Crippen LogP contribution in [0, 0.1) is 11.3 Å². The lowest BCUT2D eigenvalue weighted by Crippen LogP contribution is -2.27. The first-order valence-electron chi connectivity index (χ1n) is 7.24. The number of nitrogens with one attached hydrogen (secondary N) is 1. The smallest absolute Gasteiger partial charge is 0.0669 e. The molecule has 0 amide bonds. The molecule has 0 heterocycles. The number of benzene rings is 2. The molecule has 2 nitrogen and oxygen atoms in total. The van der Waals surface area contributed by atoms with Gasteiger partial charge in [-0.1, -0.05) is 34.1 Å². The van der Waals surface area contributed by atoms with Gasteiger partial charge in [0.25, 0.3) is 0 Å². The van der Waals surface area contributed by atoms with Gasteiger partial charge in [0, 0.05) is 16.2 Å². The lowest BCUT2D eigenvalue weighted by Gasteiger charge is -2.26. The molecule has 0 saturated heterocycles. The van der Waals surface area contributed by atoms with Gasteiger partial charge in [-0.2, -0.15) is 5.26 Å². The van der Waals surface area contributed by atoms with Crippen molar-refractivity contribution in [1.82, 2.24) is 0 Å². The highest BCUT2D eigenvalue weighted by Crippen LogP contribution is 2.26. The number of rotatable bonds is 3. The molecule has 2 aromatic rings. The molecule has 1 aliphatic rings. The first-order chi connectivity index (χ1) is 10.2. The molecule has 3 rings (SSSR count). The Morgan fingerprint density at radius 2 is 1.95 bits per heavy atom. The Hall–Kier alpha value is -1.79. The van der Waals surface area contributed by atoms with E-state index in [0.29, 0.717) is 12.5 Å². The fourth-order valence-electron chi connectivity index (χ4n) is 2.89. The van der Waals surface area contributed by atoms with Crippen molar-refractivity contribution in [2.24, 2.45) is 0 Å². The average Bonchev–Trinajstić information content (AvgIpc) is 2.50. The topological polar surface area (TPSA) is 35.8 Å². The molecule has 1 atom stereocenters. The van der Waals surface area contributed by atoms with Gasteiger partial charge in [-0.15, -0.1) is 0 Å². The van der Waals surface area contributed by atoms with Crippen LogP contribution in [0.4, 0.5) is 5.69 Å². The van der Waals surface area contributed by atoms with Crippen molar-refractivity contribution in [1.29, 1.82) is 5.26 Å². The summed E-state index contributed by atoms with van der Waals surface area (Å²) in [5, 5.41) is 12.3. The molecule has 0 saturated carbocycles. The van der Waals surface area contributed by atoms with Crippen molar-refractivity contribution in [3.8, 4) is 6.07 Å². The second-order valence-electron chi connectivity index (χ2n) is 5.53. The molecular weight excluding hydrogens is 324 g/mol. The van der Waals surface area contributed by atoms with Crippen LogP contribution < -0.4 is 5.32 Å². The third kappa shape index (κ3) is 3.46. The standard InChI is InChI=1S/C18H17BrN2/c19-16-5-3-15-12-18(8-4-14(15)11-16)21-17-6-1-13(2-7-17)9-10-20/h1-3,5-7,11,18,21H,4,8-9,12H2. The molecule has 1 aliphatic carbocycles. The normalized spacial score (nSPS) is 16.9. The fraction of sp³-hybridized carbons (Fsp3) is 0.278. The first-order valence-corrected chi connectivity index (χ1v) is 8.03. The van der Waals surface area contributed by atoms with E-state index in [4.69, 9.17) is 5.26 Å². The van der Waals surface area contributed by atoms with Crippen molar-refractivity contribution in [2.75, 3.05) is 5.32 Å². The van der Waals surface area contributed by atoms with Crippen molar-refractivity contribution >= 4 is 21.6 Å². The summed E-state index contributed by atoms with van der Waals surface area (Å²) in [6, 6.07) is 17.5. The Morgan fingerprint density at radius 1 is 1.14 bits per heavy atom. The lowest BCUT2D eigenvalue weighted by atomic mass is 9.88. The van der Waals surface area contributed by atoms with Crippen LogP contribution in [-0.2, 0) is 19.3 Å². The minimum atomic E-state index is 0.478. The molecule has 0 radical (unpaired) electrons. The highest BCUT2D eigenvalue weighted by Gasteiger charge is 2.18. The number of nitriles is 1. The Kier molecular flexibility index (Phi) is 4.26. The number of nitrogens with zero attached hydrogens (tertiary/aromatic N) is 1. The SMILES string of the molecule is N#CCc1ccc(NC2CCc3cc(Br)ccc3C2)cc1. The second kappa shape index (κ2) is 6.32. The number of anilines is 1. The van der Waals surface area contributed by atoms with E-state index in [1.54, 1.807) is 0 Å². The summed E-state index contributed by atoms with van der Waals surface area (Å²) in [5.41, 5.74) is 5.12. The monoisotopic (exact) mass is 340 g/mol. The number of halogens is 1.